The van der Waals surface area contributed by atoms with Crippen molar-refractivity contribution >= 4 is 7.60 Å². The zero-order valence-electron chi connectivity index (χ0n) is 15.1. The van der Waals surface area contributed by atoms with Gasteiger partial charge in [-0.3, -0.25) is 4.57 Å². The Morgan fingerprint density at radius 2 is 0.826 bits per heavy atom. The molecule has 0 aromatic carbocycles. The Morgan fingerprint density at radius 1 is 0.565 bits per heavy atom. The Hall–Kier alpha value is 0.669. The minimum Gasteiger partial charge on any atom is -0.324 e. The summed E-state index contributed by atoms with van der Waals surface area (Å²) >= 11 is 0. The van der Waals surface area contributed by atoms with Gasteiger partial charge in [-0.25, -0.2) is 0 Å². The van der Waals surface area contributed by atoms with Crippen LogP contribution in [0.1, 0.15) is 110 Å². The molecule has 0 aliphatic carbocycles. The SMILES string of the molecule is CCCCCCCCCCCCCCCCCCP(=O)(O)O.[Cu]. The van der Waals surface area contributed by atoms with Crippen molar-refractivity contribution in [1.29, 1.82) is 0 Å². The largest absolute Gasteiger partial charge is 0.325 e. The fraction of sp³-hybridized carbons (Fsp3) is 1.00. The van der Waals surface area contributed by atoms with E-state index in [0.29, 0.717) is 6.42 Å². The van der Waals surface area contributed by atoms with Crippen molar-refractivity contribution in [3.8, 4) is 0 Å². The zero-order chi connectivity index (χ0) is 16.5. The summed E-state index contributed by atoms with van der Waals surface area (Å²) in [5.41, 5.74) is 0. The van der Waals surface area contributed by atoms with Crippen LogP contribution in [0, 0.1) is 0 Å². The maximum absolute atomic E-state index is 10.7. The summed E-state index contributed by atoms with van der Waals surface area (Å²) in [5, 5.41) is 0. The van der Waals surface area contributed by atoms with E-state index in [9.17, 15) is 4.57 Å². The molecule has 0 bridgehead atoms. The van der Waals surface area contributed by atoms with Crippen LogP contribution in [0.5, 0.6) is 0 Å². The first-order valence-corrected chi connectivity index (χ1v) is 11.4. The van der Waals surface area contributed by atoms with Crippen molar-refractivity contribution < 1.29 is 31.4 Å². The van der Waals surface area contributed by atoms with E-state index < -0.39 is 7.60 Å². The van der Waals surface area contributed by atoms with Gasteiger partial charge in [0.15, 0.2) is 0 Å². The first-order valence-electron chi connectivity index (χ1n) is 9.61. The van der Waals surface area contributed by atoms with Crippen LogP contribution in [0.15, 0.2) is 0 Å². The molecular weight excluding hydrogens is 359 g/mol. The van der Waals surface area contributed by atoms with E-state index in [1.807, 2.05) is 0 Å². The van der Waals surface area contributed by atoms with Crippen LogP contribution in [0.3, 0.4) is 0 Å². The predicted molar refractivity (Wildman–Crippen MR) is 96.5 cm³/mol. The third kappa shape index (κ3) is 25.0. The first-order chi connectivity index (χ1) is 10.6. The minimum atomic E-state index is -3.75. The van der Waals surface area contributed by atoms with Gasteiger partial charge in [-0.1, -0.05) is 103 Å². The fourth-order valence-electron chi connectivity index (χ4n) is 2.87. The molecule has 0 saturated heterocycles. The van der Waals surface area contributed by atoms with Gasteiger partial charge < -0.3 is 9.79 Å². The summed E-state index contributed by atoms with van der Waals surface area (Å²) < 4.78 is 10.7. The van der Waals surface area contributed by atoms with Crippen LogP contribution in [0.4, 0.5) is 0 Å². The van der Waals surface area contributed by atoms with Gasteiger partial charge in [-0.15, -0.1) is 0 Å². The van der Waals surface area contributed by atoms with Crippen molar-refractivity contribution in [3.05, 3.63) is 0 Å². The van der Waals surface area contributed by atoms with E-state index in [0.717, 1.165) is 12.8 Å². The molecule has 145 valence electrons. The molecule has 0 rings (SSSR count). The second-order valence-corrected chi connectivity index (χ2v) is 8.47. The quantitative estimate of drug-likeness (QED) is 0.169. The summed E-state index contributed by atoms with van der Waals surface area (Å²) in [5.74, 6) is 0. The van der Waals surface area contributed by atoms with Crippen LogP contribution in [0.25, 0.3) is 0 Å². The molecule has 0 aliphatic rings. The molecular formula is C18H39CuO3P. The van der Waals surface area contributed by atoms with Crippen LogP contribution in [-0.2, 0) is 21.6 Å². The van der Waals surface area contributed by atoms with Gasteiger partial charge >= 0.3 is 7.60 Å². The zero-order valence-corrected chi connectivity index (χ0v) is 16.9. The van der Waals surface area contributed by atoms with E-state index in [2.05, 4.69) is 6.92 Å². The summed E-state index contributed by atoms with van der Waals surface area (Å²) in [6, 6.07) is 0. The second kappa shape index (κ2) is 19.0. The summed E-state index contributed by atoms with van der Waals surface area (Å²) in [7, 11) is -3.75. The van der Waals surface area contributed by atoms with E-state index in [4.69, 9.17) is 9.79 Å². The van der Waals surface area contributed by atoms with E-state index in [-0.39, 0.29) is 23.2 Å². The standard InChI is InChI=1S/C18H39O3P.Cu/c1-2-3-4-5-6-7-8-9-10-11-12-13-14-15-16-17-18-22(19,20)21;/h2-18H2,1H3,(H2,19,20,21);. The molecule has 0 atom stereocenters. The second-order valence-electron chi connectivity index (χ2n) is 6.69. The minimum absolute atomic E-state index is 0. The van der Waals surface area contributed by atoms with Gasteiger partial charge in [0.25, 0.3) is 0 Å². The van der Waals surface area contributed by atoms with E-state index >= 15 is 0 Å². The first kappa shape index (κ1) is 25.9. The number of unbranched alkanes of at least 4 members (excludes halogenated alkanes) is 15. The molecule has 0 spiro atoms. The van der Waals surface area contributed by atoms with Crippen LogP contribution in [0.2, 0.25) is 0 Å². The summed E-state index contributed by atoms with van der Waals surface area (Å²) in [4.78, 5) is 17.5. The summed E-state index contributed by atoms with van der Waals surface area (Å²) in [6.07, 6.45) is 20.6. The molecule has 0 unspecified atom stereocenters. The van der Waals surface area contributed by atoms with Gasteiger partial charge in [-0.05, 0) is 6.42 Å². The van der Waals surface area contributed by atoms with Crippen LogP contribution in [-0.4, -0.2) is 15.9 Å². The van der Waals surface area contributed by atoms with Gasteiger partial charge in [0.2, 0.25) is 0 Å². The van der Waals surface area contributed by atoms with E-state index in [1.54, 1.807) is 0 Å². The predicted octanol–water partition coefficient (Wildman–Crippen LogP) is 6.42. The molecule has 23 heavy (non-hydrogen) atoms. The molecule has 0 saturated carbocycles. The van der Waals surface area contributed by atoms with Crippen LogP contribution >= 0.6 is 7.60 Å². The Balaban J connectivity index is 0. The molecule has 0 aliphatic heterocycles. The van der Waals surface area contributed by atoms with Crippen LogP contribution < -0.4 is 0 Å². The molecule has 5 heteroatoms. The average Bonchev–Trinajstić information content (AvgIpc) is 2.45. The van der Waals surface area contributed by atoms with Crippen molar-refractivity contribution in [2.24, 2.45) is 0 Å². The molecule has 0 aromatic rings. The monoisotopic (exact) mass is 397 g/mol. The van der Waals surface area contributed by atoms with Gasteiger partial charge in [-0.2, -0.15) is 0 Å². The van der Waals surface area contributed by atoms with Gasteiger partial charge in [0, 0.05) is 23.2 Å². The number of hydrogen-bond donors (Lipinski definition) is 2. The van der Waals surface area contributed by atoms with Crippen molar-refractivity contribution in [1.82, 2.24) is 0 Å². The molecule has 2 N–H and O–H groups in total. The molecule has 0 heterocycles. The topological polar surface area (TPSA) is 57.5 Å². The maximum atomic E-state index is 10.7. The molecule has 1 radical (unpaired) electrons. The van der Waals surface area contributed by atoms with E-state index in [1.165, 1.54) is 83.5 Å². The third-order valence-electron chi connectivity index (χ3n) is 4.30. The van der Waals surface area contributed by atoms with Gasteiger partial charge in [0.05, 0.1) is 0 Å². The maximum Gasteiger partial charge on any atom is 0.325 e. The Kier molecular flexibility index (Phi) is 21.4. The number of rotatable bonds is 17. The Labute approximate surface area is 155 Å². The van der Waals surface area contributed by atoms with Gasteiger partial charge in [0.1, 0.15) is 0 Å². The third-order valence-corrected chi connectivity index (χ3v) is 5.20. The molecule has 0 fully saturated rings. The Morgan fingerprint density at radius 3 is 1.09 bits per heavy atom. The smallest absolute Gasteiger partial charge is 0.324 e. The summed E-state index contributed by atoms with van der Waals surface area (Å²) in [6.45, 7) is 2.27. The van der Waals surface area contributed by atoms with Crippen molar-refractivity contribution in [3.63, 3.8) is 0 Å². The molecule has 3 nitrogen and oxygen atoms in total. The molecule has 0 amide bonds. The van der Waals surface area contributed by atoms with Crippen molar-refractivity contribution in [2.45, 2.75) is 110 Å². The molecule has 0 aromatic heterocycles. The Bertz CT molecular complexity index is 269. The fourth-order valence-corrected chi connectivity index (χ4v) is 3.50. The normalized spacial score (nSPS) is 11.4. The average molecular weight is 398 g/mol. The number of hydrogen-bond acceptors (Lipinski definition) is 1. The van der Waals surface area contributed by atoms with Crippen molar-refractivity contribution in [2.75, 3.05) is 6.16 Å².